The van der Waals surface area contributed by atoms with Gasteiger partial charge in [0.15, 0.2) is 11.5 Å². The molecular formula is C28H30FNO6. The van der Waals surface area contributed by atoms with Gasteiger partial charge in [-0.1, -0.05) is 11.6 Å². The van der Waals surface area contributed by atoms with E-state index in [-0.39, 0.29) is 24.1 Å². The Hall–Kier alpha value is -3.62. The van der Waals surface area contributed by atoms with Crippen molar-refractivity contribution in [2.24, 2.45) is 0 Å². The number of fused-ring (bicyclic) bond motifs is 1. The van der Waals surface area contributed by atoms with Crippen molar-refractivity contribution < 1.29 is 32.5 Å². The highest BCUT2D eigenvalue weighted by Crippen LogP contribution is 2.46. The van der Waals surface area contributed by atoms with Gasteiger partial charge in [-0.2, -0.15) is 0 Å². The van der Waals surface area contributed by atoms with Gasteiger partial charge >= 0.3 is 0 Å². The first-order valence-electron chi connectivity index (χ1n) is 11.5. The molecule has 2 aliphatic carbocycles. The van der Waals surface area contributed by atoms with Crippen molar-refractivity contribution in [3.05, 3.63) is 100 Å². The predicted octanol–water partition coefficient (Wildman–Crippen LogP) is 4.99. The smallest absolute Gasteiger partial charge is 0.287 e. The number of carbonyl (C=O) groups excluding carboxylic acids is 1. The Morgan fingerprint density at radius 1 is 1.11 bits per heavy atom. The highest BCUT2D eigenvalue weighted by Gasteiger charge is 2.44. The number of methoxy groups -OCH3 is 4. The van der Waals surface area contributed by atoms with Crippen LogP contribution in [0.3, 0.4) is 0 Å². The number of nitrogens with one attached hydrogen (secondary N) is 1. The van der Waals surface area contributed by atoms with Crippen LogP contribution in [0.15, 0.2) is 81.9 Å². The van der Waals surface area contributed by atoms with Crippen LogP contribution in [0.2, 0.25) is 0 Å². The van der Waals surface area contributed by atoms with E-state index in [1.54, 1.807) is 24.5 Å². The van der Waals surface area contributed by atoms with E-state index in [9.17, 15) is 9.18 Å². The number of hydrogen-bond acceptors (Lipinski definition) is 6. The topological polar surface area (TPSA) is 79.2 Å². The van der Waals surface area contributed by atoms with Crippen molar-refractivity contribution in [3.8, 4) is 0 Å². The Labute approximate surface area is 209 Å². The summed E-state index contributed by atoms with van der Waals surface area (Å²) in [5, 5.41) is 2.88. The van der Waals surface area contributed by atoms with Crippen LogP contribution >= 0.6 is 0 Å². The lowest BCUT2D eigenvalue weighted by Gasteiger charge is -2.35. The molecule has 0 saturated carbocycles. The molecule has 1 aromatic carbocycles. The van der Waals surface area contributed by atoms with Crippen LogP contribution < -0.4 is 5.32 Å². The van der Waals surface area contributed by atoms with Crippen LogP contribution in [0, 0.1) is 5.82 Å². The Bertz CT molecular complexity index is 1220. The zero-order valence-corrected chi connectivity index (χ0v) is 21.0. The van der Waals surface area contributed by atoms with Crippen LogP contribution in [-0.4, -0.2) is 40.1 Å². The van der Waals surface area contributed by atoms with E-state index in [2.05, 4.69) is 5.32 Å². The van der Waals surface area contributed by atoms with Gasteiger partial charge in [-0.15, -0.1) is 0 Å². The molecule has 1 heterocycles. The Morgan fingerprint density at radius 2 is 1.81 bits per heavy atom. The first-order valence-corrected chi connectivity index (χ1v) is 11.5. The van der Waals surface area contributed by atoms with Crippen LogP contribution in [0.4, 0.5) is 4.39 Å². The summed E-state index contributed by atoms with van der Waals surface area (Å²) < 4.78 is 41.9. The number of furan rings is 1. The third-order valence-electron chi connectivity index (χ3n) is 6.63. The number of ether oxygens (including phenoxy) is 4. The maximum absolute atomic E-state index is 14.3. The van der Waals surface area contributed by atoms with E-state index in [1.807, 2.05) is 25.2 Å². The number of carbonyl (C=O) groups is 1. The number of hydrogen-bond donors (Lipinski definition) is 1. The first kappa shape index (κ1) is 25.5. The molecule has 1 atom stereocenters. The van der Waals surface area contributed by atoms with Crippen molar-refractivity contribution in [1.82, 2.24) is 5.32 Å². The summed E-state index contributed by atoms with van der Waals surface area (Å²) in [4.78, 5) is 12.8. The molecule has 0 fully saturated rings. The second-order valence-electron chi connectivity index (χ2n) is 8.54. The molecule has 1 N–H and O–H groups in total. The van der Waals surface area contributed by atoms with Crippen LogP contribution in [-0.2, 0) is 30.3 Å². The third-order valence-corrected chi connectivity index (χ3v) is 6.63. The molecule has 0 saturated heterocycles. The Morgan fingerprint density at radius 3 is 2.39 bits per heavy atom. The molecule has 2 aliphatic rings. The highest BCUT2D eigenvalue weighted by molar-refractivity contribution is 5.88. The summed E-state index contributed by atoms with van der Waals surface area (Å²) in [6.07, 6.45) is 7.33. The Balaban J connectivity index is 1.69. The number of allylic oxidation sites excluding steroid dienone is 6. The van der Waals surface area contributed by atoms with Gasteiger partial charge in [0.25, 0.3) is 5.79 Å². The van der Waals surface area contributed by atoms with Gasteiger partial charge in [-0.05, 0) is 71.7 Å². The highest BCUT2D eigenvalue weighted by atomic mass is 19.1. The van der Waals surface area contributed by atoms with Crippen molar-refractivity contribution in [3.63, 3.8) is 0 Å². The fourth-order valence-corrected chi connectivity index (χ4v) is 4.79. The van der Waals surface area contributed by atoms with E-state index in [4.69, 9.17) is 23.4 Å². The molecule has 1 amide bonds. The van der Waals surface area contributed by atoms with Gasteiger partial charge in [-0.3, -0.25) is 4.79 Å². The van der Waals surface area contributed by atoms with Crippen molar-refractivity contribution in [1.29, 1.82) is 0 Å². The van der Waals surface area contributed by atoms with E-state index in [0.29, 0.717) is 23.8 Å². The summed E-state index contributed by atoms with van der Waals surface area (Å²) in [5.74, 6) is -0.550. The van der Waals surface area contributed by atoms with Crippen LogP contribution in [0.1, 0.15) is 36.1 Å². The van der Waals surface area contributed by atoms with Gasteiger partial charge in [0, 0.05) is 26.6 Å². The second-order valence-corrected chi connectivity index (χ2v) is 8.54. The second kappa shape index (κ2) is 10.6. The first-order chi connectivity index (χ1) is 17.4. The van der Waals surface area contributed by atoms with Crippen molar-refractivity contribution >= 4 is 11.5 Å². The molecule has 0 radical (unpaired) electrons. The van der Waals surface area contributed by atoms with E-state index >= 15 is 0 Å². The van der Waals surface area contributed by atoms with Gasteiger partial charge in [0.1, 0.15) is 11.6 Å². The lowest BCUT2D eigenvalue weighted by Crippen LogP contribution is -2.41. The summed E-state index contributed by atoms with van der Waals surface area (Å²) >= 11 is 0. The summed E-state index contributed by atoms with van der Waals surface area (Å²) in [7, 11) is 6.08. The zero-order chi connectivity index (χ0) is 25.9. The lowest BCUT2D eigenvalue weighted by atomic mass is 9.92. The van der Waals surface area contributed by atoms with Gasteiger partial charge in [0.05, 0.1) is 27.0 Å². The third kappa shape index (κ3) is 4.62. The minimum Gasteiger partial charge on any atom is -0.495 e. The molecule has 0 spiro atoms. The number of amides is 1. The normalized spacial score (nSPS) is 18.4. The van der Waals surface area contributed by atoms with E-state index in [0.717, 1.165) is 27.8 Å². The summed E-state index contributed by atoms with van der Waals surface area (Å²) in [6, 6.07) is 8.25. The van der Waals surface area contributed by atoms with Gasteiger partial charge in [-0.25, -0.2) is 4.39 Å². The van der Waals surface area contributed by atoms with Crippen molar-refractivity contribution in [2.45, 2.75) is 31.6 Å². The van der Waals surface area contributed by atoms with Crippen LogP contribution in [0.25, 0.3) is 5.57 Å². The SMILES string of the molecule is COC1=CC(=CC2=C(C)C(CC(=O)NCc3ccco3)c3cc(F)ccc32)C=C(OC)C1(OC)OC. The van der Waals surface area contributed by atoms with Crippen LogP contribution in [0.5, 0.6) is 0 Å². The summed E-state index contributed by atoms with van der Waals surface area (Å²) in [6.45, 7) is 2.26. The number of benzene rings is 1. The molecule has 2 aromatic rings. The standard InChI is InChI=1S/C28H30FNO6/c1-17-22(11-18-12-25(32-2)28(34-4,35-5)26(13-18)33-3)21-9-8-19(29)14-24(21)23(17)15-27(31)30-16-20-7-6-10-36-20/h6-14,23H,15-16H2,1-5H3,(H,30,31). The average molecular weight is 496 g/mol. The number of rotatable bonds is 9. The van der Waals surface area contributed by atoms with E-state index in [1.165, 1.54) is 40.6 Å². The predicted molar refractivity (Wildman–Crippen MR) is 132 cm³/mol. The van der Waals surface area contributed by atoms with E-state index < -0.39 is 5.79 Å². The molecule has 0 bridgehead atoms. The molecule has 190 valence electrons. The molecule has 4 rings (SSSR count). The monoisotopic (exact) mass is 495 g/mol. The average Bonchev–Trinajstić information content (AvgIpc) is 3.49. The largest absolute Gasteiger partial charge is 0.495 e. The fourth-order valence-electron chi connectivity index (χ4n) is 4.79. The number of halogens is 1. The Kier molecular flexibility index (Phi) is 7.47. The molecule has 8 heteroatoms. The molecule has 36 heavy (non-hydrogen) atoms. The lowest BCUT2D eigenvalue weighted by molar-refractivity contribution is -0.195. The summed E-state index contributed by atoms with van der Waals surface area (Å²) in [5.41, 5.74) is 4.30. The molecule has 0 aliphatic heterocycles. The molecule has 1 aromatic heterocycles. The zero-order valence-electron chi connectivity index (χ0n) is 21.0. The fraction of sp³-hybridized carbons (Fsp3) is 0.321. The minimum atomic E-state index is -1.30. The molecule has 1 unspecified atom stereocenters. The minimum absolute atomic E-state index is 0.148. The van der Waals surface area contributed by atoms with Gasteiger partial charge in [0.2, 0.25) is 5.91 Å². The van der Waals surface area contributed by atoms with Gasteiger partial charge < -0.3 is 28.7 Å². The quantitative estimate of drug-likeness (QED) is 0.494. The maximum Gasteiger partial charge on any atom is 0.287 e. The molecular weight excluding hydrogens is 465 g/mol. The molecule has 7 nitrogen and oxygen atoms in total. The van der Waals surface area contributed by atoms with Crippen molar-refractivity contribution in [2.75, 3.05) is 28.4 Å². The maximum atomic E-state index is 14.3.